The van der Waals surface area contributed by atoms with E-state index in [0.717, 1.165) is 11.1 Å². The molecule has 1 heterocycles. The smallest absolute Gasteiger partial charge is 0.296 e. The molecule has 94 valence electrons. The van der Waals surface area contributed by atoms with Crippen molar-refractivity contribution in [1.29, 1.82) is 0 Å². The van der Waals surface area contributed by atoms with E-state index in [1.54, 1.807) is 13.1 Å². The first-order valence-electron chi connectivity index (χ1n) is 5.84. The molecule has 0 bridgehead atoms. The summed E-state index contributed by atoms with van der Waals surface area (Å²) in [6.45, 7) is 6.22. The largest absolute Gasteiger partial charge is 0.328 e. The Labute approximate surface area is 105 Å². The molecule has 0 saturated heterocycles. The number of H-pyrrole nitrogens is 1. The molecule has 1 N–H and O–H groups in total. The Kier molecular flexibility index (Phi) is 3.19. The highest BCUT2D eigenvalue weighted by Gasteiger charge is 2.04. The zero-order valence-electron chi connectivity index (χ0n) is 10.8. The van der Waals surface area contributed by atoms with E-state index in [-0.39, 0.29) is 11.2 Å². The van der Waals surface area contributed by atoms with Crippen molar-refractivity contribution < 1.29 is 0 Å². The highest BCUT2D eigenvalue weighted by atomic mass is 16.2. The number of nitrogens with zero attached hydrogens (tertiary/aromatic N) is 1. The van der Waals surface area contributed by atoms with Crippen molar-refractivity contribution >= 4 is 0 Å². The molecule has 0 fully saturated rings. The first kappa shape index (κ1) is 12.4. The lowest BCUT2D eigenvalue weighted by Gasteiger charge is -2.09. The van der Waals surface area contributed by atoms with Crippen LogP contribution in [0.25, 0.3) is 0 Å². The quantitative estimate of drug-likeness (QED) is 0.870. The van der Waals surface area contributed by atoms with E-state index < -0.39 is 0 Å². The predicted octanol–water partition coefficient (Wildman–Crippen LogP) is 1.51. The molecule has 0 spiro atoms. The van der Waals surface area contributed by atoms with Gasteiger partial charge in [-0.05, 0) is 31.9 Å². The summed E-state index contributed by atoms with van der Waals surface area (Å²) < 4.78 is 1.52. The van der Waals surface area contributed by atoms with Crippen LogP contribution in [0.3, 0.4) is 0 Å². The molecule has 0 saturated carbocycles. The van der Waals surface area contributed by atoms with Crippen molar-refractivity contribution in [3.63, 3.8) is 0 Å². The third kappa shape index (κ3) is 2.42. The first-order valence-corrected chi connectivity index (χ1v) is 5.84. The standard InChI is InChI=1S/C14H16N2O2/c1-9-4-5-12(10(2)6-9)8-16-7-11(3)13(17)15-14(16)18/h4-7H,8H2,1-3H3,(H,15,17,18). The van der Waals surface area contributed by atoms with Crippen LogP contribution in [0.1, 0.15) is 22.3 Å². The van der Waals surface area contributed by atoms with Crippen LogP contribution in [-0.4, -0.2) is 9.55 Å². The number of aromatic amines is 1. The van der Waals surface area contributed by atoms with Crippen LogP contribution in [0.2, 0.25) is 0 Å². The maximum atomic E-state index is 11.7. The zero-order chi connectivity index (χ0) is 13.3. The lowest BCUT2D eigenvalue weighted by molar-refractivity contribution is 0.710. The lowest BCUT2D eigenvalue weighted by Crippen LogP contribution is -2.31. The van der Waals surface area contributed by atoms with Gasteiger partial charge >= 0.3 is 5.69 Å². The van der Waals surface area contributed by atoms with Crippen LogP contribution < -0.4 is 11.2 Å². The minimum atomic E-state index is -0.370. The van der Waals surface area contributed by atoms with Gasteiger partial charge in [0.2, 0.25) is 0 Å². The number of hydrogen-bond donors (Lipinski definition) is 1. The van der Waals surface area contributed by atoms with E-state index in [2.05, 4.69) is 11.1 Å². The Morgan fingerprint density at radius 1 is 1.11 bits per heavy atom. The molecule has 2 aromatic rings. The summed E-state index contributed by atoms with van der Waals surface area (Å²) >= 11 is 0. The number of nitrogens with one attached hydrogen (secondary N) is 1. The van der Waals surface area contributed by atoms with Gasteiger partial charge in [0, 0.05) is 11.8 Å². The minimum absolute atomic E-state index is 0.322. The second kappa shape index (κ2) is 4.64. The number of aryl methyl sites for hydroxylation is 3. The van der Waals surface area contributed by atoms with E-state index in [1.165, 1.54) is 10.1 Å². The SMILES string of the molecule is Cc1ccc(Cn2cc(C)c(=O)[nH]c2=O)c(C)c1. The Balaban J connectivity index is 2.43. The fourth-order valence-electron chi connectivity index (χ4n) is 1.94. The maximum Gasteiger partial charge on any atom is 0.328 e. The van der Waals surface area contributed by atoms with E-state index in [4.69, 9.17) is 0 Å². The van der Waals surface area contributed by atoms with Gasteiger partial charge in [0.15, 0.2) is 0 Å². The van der Waals surface area contributed by atoms with Gasteiger partial charge in [-0.15, -0.1) is 0 Å². The summed E-state index contributed by atoms with van der Waals surface area (Å²) in [5.41, 5.74) is 3.27. The normalized spacial score (nSPS) is 10.6. The number of benzene rings is 1. The summed E-state index contributed by atoms with van der Waals surface area (Å²) in [5, 5.41) is 0. The van der Waals surface area contributed by atoms with Crippen LogP contribution in [-0.2, 0) is 6.54 Å². The molecule has 2 rings (SSSR count). The highest BCUT2D eigenvalue weighted by Crippen LogP contribution is 2.11. The van der Waals surface area contributed by atoms with Crippen molar-refractivity contribution in [3.8, 4) is 0 Å². The third-order valence-electron chi connectivity index (χ3n) is 3.03. The van der Waals surface area contributed by atoms with Gasteiger partial charge in [0.1, 0.15) is 0 Å². The van der Waals surface area contributed by atoms with Gasteiger partial charge in [0.25, 0.3) is 5.56 Å². The molecule has 18 heavy (non-hydrogen) atoms. The predicted molar refractivity (Wildman–Crippen MR) is 71.1 cm³/mol. The summed E-state index contributed by atoms with van der Waals surface area (Å²) in [6.07, 6.45) is 1.60. The molecule has 0 amide bonds. The molecule has 1 aromatic carbocycles. The third-order valence-corrected chi connectivity index (χ3v) is 3.03. The average Bonchev–Trinajstić information content (AvgIpc) is 2.29. The first-order chi connectivity index (χ1) is 8.47. The Morgan fingerprint density at radius 3 is 2.50 bits per heavy atom. The van der Waals surface area contributed by atoms with Crippen molar-refractivity contribution in [2.24, 2.45) is 0 Å². The summed E-state index contributed by atoms with van der Waals surface area (Å²) in [5.74, 6) is 0. The lowest BCUT2D eigenvalue weighted by atomic mass is 10.1. The van der Waals surface area contributed by atoms with Crippen molar-refractivity contribution in [3.05, 3.63) is 67.5 Å². The van der Waals surface area contributed by atoms with Crippen LogP contribution in [0.15, 0.2) is 34.0 Å². The molecule has 0 atom stereocenters. The van der Waals surface area contributed by atoms with Gasteiger partial charge in [0.05, 0.1) is 6.54 Å². The molecule has 4 nitrogen and oxygen atoms in total. The zero-order valence-corrected chi connectivity index (χ0v) is 10.8. The van der Waals surface area contributed by atoms with Crippen molar-refractivity contribution in [2.75, 3.05) is 0 Å². The monoisotopic (exact) mass is 244 g/mol. The maximum absolute atomic E-state index is 11.7. The highest BCUT2D eigenvalue weighted by molar-refractivity contribution is 5.30. The van der Waals surface area contributed by atoms with E-state index >= 15 is 0 Å². The molecular weight excluding hydrogens is 228 g/mol. The second-order valence-corrected chi connectivity index (χ2v) is 4.63. The Bertz CT molecular complexity index is 696. The van der Waals surface area contributed by atoms with Gasteiger partial charge < -0.3 is 0 Å². The van der Waals surface area contributed by atoms with Crippen LogP contribution in [0.4, 0.5) is 0 Å². The van der Waals surface area contributed by atoms with Gasteiger partial charge in [-0.3, -0.25) is 14.3 Å². The molecule has 0 aliphatic rings. The molecular formula is C14H16N2O2. The van der Waals surface area contributed by atoms with Crippen LogP contribution in [0, 0.1) is 20.8 Å². The van der Waals surface area contributed by atoms with Gasteiger partial charge in [-0.1, -0.05) is 23.8 Å². The molecule has 1 aromatic heterocycles. The Morgan fingerprint density at radius 2 is 1.83 bits per heavy atom. The molecule has 4 heteroatoms. The fraction of sp³-hybridized carbons (Fsp3) is 0.286. The van der Waals surface area contributed by atoms with Crippen LogP contribution >= 0.6 is 0 Å². The number of hydrogen-bond acceptors (Lipinski definition) is 2. The summed E-state index contributed by atoms with van der Waals surface area (Å²) in [6, 6.07) is 6.11. The molecule has 0 aliphatic carbocycles. The van der Waals surface area contributed by atoms with Gasteiger partial charge in [-0.25, -0.2) is 4.79 Å². The molecule has 0 unspecified atom stereocenters. The van der Waals surface area contributed by atoms with Crippen LogP contribution in [0.5, 0.6) is 0 Å². The molecule has 0 radical (unpaired) electrons. The average molecular weight is 244 g/mol. The van der Waals surface area contributed by atoms with E-state index in [9.17, 15) is 9.59 Å². The Hall–Kier alpha value is -2.10. The van der Waals surface area contributed by atoms with Gasteiger partial charge in [-0.2, -0.15) is 0 Å². The second-order valence-electron chi connectivity index (χ2n) is 4.63. The number of aromatic nitrogens is 2. The molecule has 0 aliphatic heterocycles. The summed E-state index contributed by atoms with van der Waals surface area (Å²) in [7, 11) is 0. The van der Waals surface area contributed by atoms with E-state index in [1.807, 2.05) is 26.0 Å². The number of rotatable bonds is 2. The minimum Gasteiger partial charge on any atom is -0.296 e. The van der Waals surface area contributed by atoms with Crippen molar-refractivity contribution in [2.45, 2.75) is 27.3 Å². The fourth-order valence-corrected chi connectivity index (χ4v) is 1.94. The topological polar surface area (TPSA) is 54.9 Å². The van der Waals surface area contributed by atoms with Crippen molar-refractivity contribution in [1.82, 2.24) is 9.55 Å². The summed E-state index contributed by atoms with van der Waals surface area (Å²) in [4.78, 5) is 25.3. The van der Waals surface area contributed by atoms with E-state index in [0.29, 0.717) is 12.1 Å².